The fourth-order valence-corrected chi connectivity index (χ4v) is 3.90. The predicted molar refractivity (Wildman–Crippen MR) is 140 cm³/mol. The van der Waals surface area contributed by atoms with Crippen molar-refractivity contribution in [2.45, 2.75) is 65.2 Å². The van der Waals surface area contributed by atoms with Crippen molar-refractivity contribution in [3.05, 3.63) is 54.1 Å². The van der Waals surface area contributed by atoms with Gasteiger partial charge in [0.15, 0.2) is 5.82 Å². The number of ether oxygens (including phenoxy) is 2. The molecule has 0 bridgehead atoms. The van der Waals surface area contributed by atoms with Crippen LogP contribution in [0.4, 0.5) is 5.69 Å². The second-order valence-electron chi connectivity index (χ2n) is 8.75. The Hall–Kier alpha value is -3.19. The number of aryl methyl sites for hydroxylation is 1. The lowest BCUT2D eigenvalue weighted by atomic mass is 10.1. The van der Waals surface area contributed by atoms with E-state index in [-0.39, 0.29) is 5.91 Å². The summed E-state index contributed by atoms with van der Waals surface area (Å²) in [6.45, 7) is 5.10. The number of hydrogen-bond donors (Lipinski definition) is 1. The van der Waals surface area contributed by atoms with E-state index in [9.17, 15) is 4.79 Å². The van der Waals surface area contributed by atoms with Crippen LogP contribution in [-0.2, 0) is 9.53 Å². The van der Waals surface area contributed by atoms with Crippen LogP contribution in [0.1, 0.15) is 63.9 Å². The van der Waals surface area contributed by atoms with Gasteiger partial charge < -0.3 is 14.8 Å². The highest BCUT2D eigenvalue weighted by molar-refractivity contribution is 5.90. The molecule has 1 heterocycles. The molecule has 35 heavy (non-hydrogen) atoms. The van der Waals surface area contributed by atoms with E-state index in [0.717, 1.165) is 35.3 Å². The summed E-state index contributed by atoms with van der Waals surface area (Å²) in [5.41, 5.74) is 3.69. The Morgan fingerprint density at radius 1 is 0.943 bits per heavy atom. The van der Waals surface area contributed by atoms with Crippen LogP contribution < -0.4 is 10.1 Å². The molecule has 1 amide bonds. The quantitative estimate of drug-likeness (QED) is 0.258. The first kappa shape index (κ1) is 26.4. The van der Waals surface area contributed by atoms with Gasteiger partial charge in [-0.15, -0.1) is 5.10 Å². The number of nitrogens with one attached hydrogen (secondary N) is 1. The number of carbonyl (C=O) groups excluding carboxylic acids is 1. The van der Waals surface area contributed by atoms with Crippen LogP contribution in [0.5, 0.6) is 6.01 Å². The molecule has 2 aromatic carbocycles. The molecule has 1 N–H and O–H groups in total. The summed E-state index contributed by atoms with van der Waals surface area (Å²) < 4.78 is 12.5. The van der Waals surface area contributed by atoms with E-state index < -0.39 is 0 Å². The van der Waals surface area contributed by atoms with Crippen molar-refractivity contribution in [2.75, 3.05) is 25.6 Å². The predicted octanol–water partition coefficient (Wildman–Crippen LogP) is 6.35. The van der Waals surface area contributed by atoms with E-state index >= 15 is 0 Å². The van der Waals surface area contributed by atoms with Gasteiger partial charge >= 0.3 is 6.01 Å². The molecule has 0 atom stereocenters. The molecule has 7 heteroatoms. The Balaban J connectivity index is 1.64. The number of unbranched alkanes of at least 4 members (excludes halogenated alkanes) is 6. The maximum absolute atomic E-state index is 12.3. The molecule has 0 saturated carbocycles. The van der Waals surface area contributed by atoms with Gasteiger partial charge in [0.2, 0.25) is 5.91 Å². The summed E-state index contributed by atoms with van der Waals surface area (Å²) in [6.07, 6.45) is 8.93. The zero-order chi connectivity index (χ0) is 24.9. The van der Waals surface area contributed by atoms with Gasteiger partial charge in [-0.1, -0.05) is 69.7 Å². The molecule has 0 aliphatic carbocycles. The number of rotatable bonds is 15. The second-order valence-corrected chi connectivity index (χ2v) is 8.75. The molecular weight excluding hydrogens is 440 g/mol. The smallest absolute Gasteiger partial charge is 0.336 e. The van der Waals surface area contributed by atoms with Gasteiger partial charge in [-0.2, -0.15) is 4.98 Å². The number of amides is 1. The molecule has 0 radical (unpaired) electrons. The highest BCUT2D eigenvalue weighted by Gasteiger charge is 2.16. The number of nitrogens with zero attached hydrogens (tertiary/aromatic N) is 3. The third-order valence-electron chi connectivity index (χ3n) is 5.90. The van der Waals surface area contributed by atoms with Gasteiger partial charge in [-0.3, -0.25) is 4.79 Å². The van der Waals surface area contributed by atoms with E-state index in [1.165, 1.54) is 32.1 Å². The highest BCUT2D eigenvalue weighted by Crippen LogP contribution is 2.27. The maximum atomic E-state index is 12.3. The minimum absolute atomic E-state index is 0.0569. The molecule has 0 fully saturated rings. The normalized spacial score (nSPS) is 10.9. The molecule has 3 rings (SSSR count). The van der Waals surface area contributed by atoms with Crippen LogP contribution in [0.3, 0.4) is 0 Å². The fraction of sp³-hybridized carbons (Fsp3) is 0.464. The van der Waals surface area contributed by atoms with Crippen LogP contribution in [0, 0.1) is 6.92 Å². The Morgan fingerprint density at radius 2 is 1.66 bits per heavy atom. The second kappa shape index (κ2) is 14.3. The summed E-state index contributed by atoms with van der Waals surface area (Å²) >= 11 is 0. The SMILES string of the molecule is CCCCCCCCCC(=O)Nc1ccc(-n2nc(OCCOC)nc2-c2ccccc2C)cc1. The molecule has 188 valence electrons. The lowest BCUT2D eigenvalue weighted by Crippen LogP contribution is -2.11. The lowest BCUT2D eigenvalue weighted by Gasteiger charge is -2.09. The molecule has 0 aliphatic rings. The number of aromatic nitrogens is 3. The average Bonchev–Trinajstić information content (AvgIpc) is 3.28. The monoisotopic (exact) mass is 478 g/mol. The van der Waals surface area contributed by atoms with Crippen molar-refractivity contribution < 1.29 is 14.3 Å². The Morgan fingerprint density at radius 3 is 2.37 bits per heavy atom. The average molecular weight is 479 g/mol. The molecule has 0 unspecified atom stereocenters. The van der Waals surface area contributed by atoms with E-state index in [1.807, 2.05) is 55.5 Å². The Labute approximate surface area is 208 Å². The fourth-order valence-electron chi connectivity index (χ4n) is 3.90. The molecule has 0 saturated heterocycles. The van der Waals surface area contributed by atoms with E-state index in [1.54, 1.807) is 11.8 Å². The third-order valence-corrected chi connectivity index (χ3v) is 5.90. The van der Waals surface area contributed by atoms with E-state index in [0.29, 0.717) is 31.5 Å². The zero-order valence-corrected chi connectivity index (χ0v) is 21.3. The van der Waals surface area contributed by atoms with Crippen molar-refractivity contribution in [1.82, 2.24) is 14.8 Å². The van der Waals surface area contributed by atoms with Gasteiger partial charge in [0, 0.05) is 24.8 Å². The van der Waals surface area contributed by atoms with Crippen LogP contribution in [0.2, 0.25) is 0 Å². The van der Waals surface area contributed by atoms with Crippen molar-refractivity contribution in [3.8, 4) is 23.1 Å². The molecular formula is C28H38N4O3. The van der Waals surface area contributed by atoms with Crippen molar-refractivity contribution in [2.24, 2.45) is 0 Å². The first-order valence-electron chi connectivity index (χ1n) is 12.7. The standard InChI is InChI=1S/C28H38N4O3/c1-4-5-6-7-8-9-10-15-26(33)29-23-16-18-24(19-17-23)32-27(25-14-12-11-13-22(25)2)30-28(31-32)35-21-20-34-3/h11-14,16-19H,4-10,15,20-21H2,1-3H3,(H,29,33). The number of carbonyl (C=O) groups is 1. The molecule has 0 spiro atoms. The lowest BCUT2D eigenvalue weighted by molar-refractivity contribution is -0.116. The summed E-state index contributed by atoms with van der Waals surface area (Å²) in [5.74, 6) is 0.757. The van der Waals surface area contributed by atoms with Crippen LogP contribution in [-0.4, -0.2) is 41.0 Å². The summed E-state index contributed by atoms with van der Waals surface area (Å²) in [5, 5.41) is 7.58. The maximum Gasteiger partial charge on any atom is 0.336 e. The van der Waals surface area contributed by atoms with Crippen LogP contribution in [0.25, 0.3) is 17.1 Å². The van der Waals surface area contributed by atoms with Crippen LogP contribution >= 0.6 is 0 Å². The molecule has 3 aromatic rings. The molecule has 0 aliphatic heterocycles. The largest absolute Gasteiger partial charge is 0.460 e. The van der Waals surface area contributed by atoms with Gasteiger partial charge in [0.1, 0.15) is 6.61 Å². The number of hydrogen-bond acceptors (Lipinski definition) is 5. The van der Waals surface area contributed by atoms with Crippen molar-refractivity contribution >= 4 is 11.6 Å². The third kappa shape index (κ3) is 8.21. The van der Waals surface area contributed by atoms with Gasteiger partial charge in [0.25, 0.3) is 0 Å². The topological polar surface area (TPSA) is 78.3 Å². The Kier molecular flexibility index (Phi) is 10.8. The van der Waals surface area contributed by atoms with E-state index in [2.05, 4.69) is 22.3 Å². The van der Waals surface area contributed by atoms with Gasteiger partial charge in [0.05, 0.1) is 12.3 Å². The minimum atomic E-state index is 0.0569. The van der Waals surface area contributed by atoms with Crippen molar-refractivity contribution in [1.29, 1.82) is 0 Å². The summed E-state index contributed by atoms with van der Waals surface area (Å²) in [7, 11) is 1.63. The number of anilines is 1. The minimum Gasteiger partial charge on any atom is -0.460 e. The first-order valence-corrected chi connectivity index (χ1v) is 12.7. The van der Waals surface area contributed by atoms with Crippen LogP contribution in [0.15, 0.2) is 48.5 Å². The highest BCUT2D eigenvalue weighted by atomic mass is 16.5. The number of benzene rings is 2. The van der Waals surface area contributed by atoms with E-state index in [4.69, 9.17) is 9.47 Å². The summed E-state index contributed by atoms with van der Waals surface area (Å²) in [4.78, 5) is 17.0. The van der Waals surface area contributed by atoms with Gasteiger partial charge in [-0.25, -0.2) is 4.68 Å². The Bertz CT molecular complexity index is 1050. The zero-order valence-electron chi connectivity index (χ0n) is 21.3. The first-order chi connectivity index (χ1) is 17.1. The van der Waals surface area contributed by atoms with Crippen molar-refractivity contribution in [3.63, 3.8) is 0 Å². The molecule has 1 aromatic heterocycles. The molecule has 7 nitrogen and oxygen atoms in total. The number of methoxy groups -OCH3 is 1. The summed E-state index contributed by atoms with van der Waals surface area (Å²) in [6, 6.07) is 16.0. The van der Waals surface area contributed by atoms with Gasteiger partial charge in [-0.05, 0) is 43.2 Å².